The highest BCUT2D eigenvalue weighted by Crippen LogP contribution is 2.20. The van der Waals surface area contributed by atoms with Crippen LogP contribution in [0.5, 0.6) is 5.75 Å². The highest BCUT2D eigenvalue weighted by atomic mass is 16.5. The van der Waals surface area contributed by atoms with E-state index in [2.05, 4.69) is 5.32 Å². The topological polar surface area (TPSA) is 55.4 Å². The van der Waals surface area contributed by atoms with Crippen molar-refractivity contribution in [2.75, 3.05) is 0 Å². The Bertz CT molecular complexity index is 811. The zero-order chi connectivity index (χ0) is 20.0. The predicted molar refractivity (Wildman–Crippen MR) is 108 cm³/mol. The first kappa shape index (κ1) is 20.7. The minimum absolute atomic E-state index is 0.00586. The number of carbonyl (C=O) groups is 2. The molecule has 0 fully saturated rings. The number of benzene rings is 2. The lowest BCUT2D eigenvalue weighted by atomic mass is 9.99. The van der Waals surface area contributed by atoms with Crippen LogP contribution in [0.1, 0.15) is 66.7 Å². The third-order valence-electron chi connectivity index (χ3n) is 4.38. The molecular formula is C23H29NO3. The molecule has 0 aromatic heterocycles. The zero-order valence-corrected chi connectivity index (χ0v) is 16.8. The van der Waals surface area contributed by atoms with E-state index in [1.54, 1.807) is 0 Å². The predicted octanol–water partition coefficient (Wildman–Crippen LogP) is 4.93. The minimum atomic E-state index is -0.149. The van der Waals surface area contributed by atoms with Gasteiger partial charge in [0.15, 0.2) is 5.78 Å². The lowest BCUT2D eigenvalue weighted by Gasteiger charge is -2.16. The fourth-order valence-electron chi connectivity index (χ4n) is 2.92. The summed E-state index contributed by atoms with van der Waals surface area (Å²) < 4.78 is 5.70. The van der Waals surface area contributed by atoms with Gasteiger partial charge >= 0.3 is 0 Å². The normalized spacial score (nSPS) is 11.9. The van der Waals surface area contributed by atoms with Crippen LogP contribution >= 0.6 is 0 Å². The molecule has 2 rings (SSSR count). The number of rotatable bonds is 8. The SMILES string of the molecule is Cc1ccc(C)c(C(=O)CCC(=O)NC(C)c2cccc(OC(C)C)c2)c1. The van der Waals surface area contributed by atoms with Gasteiger partial charge in [0.25, 0.3) is 0 Å². The highest BCUT2D eigenvalue weighted by molar-refractivity contribution is 5.99. The van der Waals surface area contributed by atoms with Crippen LogP contribution in [0.15, 0.2) is 42.5 Å². The zero-order valence-electron chi connectivity index (χ0n) is 16.8. The third kappa shape index (κ3) is 6.24. The number of carbonyl (C=O) groups excluding carboxylic acids is 2. The van der Waals surface area contributed by atoms with Crippen molar-refractivity contribution in [1.29, 1.82) is 0 Å². The van der Waals surface area contributed by atoms with E-state index in [0.717, 1.165) is 22.4 Å². The lowest BCUT2D eigenvalue weighted by molar-refractivity contribution is -0.121. The molecule has 2 aromatic carbocycles. The molecule has 27 heavy (non-hydrogen) atoms. The molecule has 0 radical (unpaired) electrons. The van der Waals surface area contributed by atoms with E-state index in [4.69, 9.17) is 4.74 Å². The van der Waals surface area contributed by atoms with Crippen molar-refractivity contribution in [3.05, 3.63) is 64.7 Å². The van der Waals surface area contributed by atoms with Crippen molar-refractivity contribution in [3.63, 3.8) is 0 Å². The van der Waals surface area contributed by atoms with Crippen molar-refractivity contribution in [3.8, 4) is 5.75 Å². The molecule has 0 bridgehead atoms. The fourth-order valence-corrected chi connectivity index (χ4v) is 2.92. The maximum Gasteiger partial charge on any atom is 0.220 e. The number of ether oxygens (including phenoxy) is 1. The fraction of sp³-hybridized carbons (Fsp3) is 0.391. The van der Waals surface area contributed by atoms with Gasteiger partial charge in [-0.25, -0.2) is 0 Å². The van der Waals surface area contributed by atoms with Crippen LogP contribution in [-0.2, 0) is 4.79 Å². The second-order valence-corrected chi connectivity index (χ2v) is 7.27. The summed E-state index contributed by atoms with van der Waals surface area (Å²) in [6, 6.07) is 13.4. The van der Waals surface area contributed by atoms with Crippen LogP contribution in [0.3, 0.4) is 0 Å². The van der Waals surface area contributed by atoms with E-state index in [9.17, 15) is 9.59 Å². The molecule has 0 aliphatic heterocycles. The number of Topliss-reactive ketones (excluding diaryl/α,β-unsaturated/α-hetero) is 1. The summed E-state index contributed by atoms with van der Waals surface area (Å²) in [5.41, 5.74) is 3.67. The van der Waals surface area contributed by atoms with Gasteiger partial charge < -0.3 is 10.1 Å². The van der Waals surface area contributed by atoms with E-state index in [-0.39, 0.29) is 36.7 Å². The van der Waals surface area contributed by atoms with Crippen LogP contribution < -0.4 is 10.1 Å². The maximum absolute atomic E-state index is 12.4. The van der Waals surface area contributed by atoms with E-state index < -0.39 is 0 Å². The van der Waals surface area contributed by atoms with Gasteiger partial charge in [-0.05, 0) is 63.9 Å². The molecule has 0 heterocycles. The Balaban J connectivity index is 1.91. The largest absolute Gasteiger partial charge is 0.491 e. The summed E-state index contributed by atoms with van der Waals surface area (Å²) in [6.07, 6.45) is 0.485. The summed E-state index contributed by atoms with van der Waals surface area (Å²) in [4.78, 5) is 24.7. The smallest absolute Gasteiger partial charge is 0.220 e. The number of nitrogens with one attached hydrogen (secondary N) is 1. The molecule has 144 valence electrons. The molecule has 0 aliphatic rings. The monoisotopic (exact) mass is 367 g/mol. The van der Waals surface area contributed by atoms with Crippen molar-refractivity contribution < 1.29 is 14.3 Å². The molecule has 4 nitrogen and oxygen atoms in total. The molecule has 0 aliphatic carbocycles. The Morgan fingerprint density at radius 2 is 1.74 bits per heavy atom. The second-order valence-electron chi connectivity index (χ2n) is 7.27. The molecule has 0 saturated heterocycles. The average Bonchev–Trinajstić information content (AvgIpc) is 2.61. The quantitative estimate of drug-likeness (QED) is 0.673. The summed E-state index contributed by atoms with van der Waals surface area (Å²) in [7, 11) is 0. The first-order chi connectivity index (χ1) is 12.8. The Kier molecular flexibility index (Phi) is 7.17. The minimum Gasteiger partial charge on any atom is -0.491 e. The summed E-state index contributed by atoms with van der Waals surface area (Å²) in [5, 5.41) is 2.96. The summed E-state index contributed by atoms with van der Waals surface area (Å²) in [6.45, 7) is 9.76. The van der Waals surface area contributed by atoms with Crippen LogP contribution in [-0.4, -0.2) is 17.8 Å². The van der Waals surface area contributed by atoms with Gasteiger partial charge in [0.1, 0.15) is 5.75 Å². The molecule has 2 aromatic rings. The van der Waals surface area contributed by atoms with Crippen LogP contribution in [0.25, 0.3) is 0 Å². The standard InChI is InChI=1S/C23H29NO3/c1-15(2)27-20-8-6-7-19(14-20)18(5)24-23(26)12-11-22(25)21-13-16(3)9-10-17(21)4/h6-10,13-15,18H,11-12H2,1-5H3,(H,24,26). The van der Waals surface area contributed by atoms with Gasteiger partial charge in [-0.1, -0.05) is 29.8 Å². The Morgan fingerprint density at radius 1 is 1.00 bits per heavy atom. The van der Waals surface area contributed by atoms with Crippen LogP contribution in [0.2, 0.25) is 0 Å². The molecule has 0 spiro atoms. The first-order valence-electron chi connectivity index (χ1n) is 9.42. The Labute approximate surface area is 161 Å². The molecule has 0 saturated carbocycles. The van der Waals surface area contributed by atoms with Crippen molar-refractivity contribution in [2.24, 2.45) is 0 Å². The van der Waals surface area contributed by atoms with E-state index in [0.29, 0.717) is 5.56 Å². The van der Waals surface area contributed by atoms with Crippen LogP contribution in [0, 0.1) is 13.8 Å². The molecule has 4 heteroatoms. The average molecular weight is 367 g/mol. The maximum atomic E-state index is 12.4. The van der Waals surface area contributed by atoms with Gasteiger partial charge in [-0.15, -0.1) is 0 Å². The van der Waals surface area contributed by atoms with Crippen molar-refractivity contribution >= 4 is 11.7 Å². The second kappa shape index (κ2) is 9.36. The van der Waals surface area contributed by atoms with Gasteiger partial charge in [0.2, 0.25) is 5.91 Å². The van der Waals surface area contributed by atoms with Gasteiger partial charge in [0.05, 0.1) is 12.1 Å². The van der Waals surface area contributed by atoms with Gasteiger partial charge in [-0.2, -0.15) is 0 Å². The Morgan fingerprint density at radius 3 is 2.44 bits per heavy atom. The number of ketones is 1. The molecular weight excluding hydrogens is 338 g/mol. The van der Waals surface area contributed by atoms with Crippen molar-refractivity contribution in [1.82, 2.24) is 5.32 Å². The Hall–Kier alpha value is -2.62. The van der Waals surface area contributed by atoms with Gasteiger partial charge in [-0.3, -0.25) is 9.59 Å². The molecule has 1 amide bonds. The number of hydrogen-bond acceptors (Lipinski definition) is 3. The van der Waals surface area contributed by atoms with E-state index >= 15 is 0 Å². The van der Waals surface area contributed by atoms with Gasteiger partial charge in [0, 0.05) is 18.4 Å². The van der Waals surface area contributed by atoms with E-state index in [1.165, 1.54) is 0 Å². The number of amides is 1. The number of hydrogen-bond donors (Lipinski definition) is 1. The molecule has 1 unspecified atom stereocenters. The number of aryl methyl sites for hydroxylation is 2. The summed E-state index contributed by atoms with van der Waals surface area (Å²) >= 11 is 0. The van der Waals surface area contributed by atoms with Crippen molar-refractivity contribution in [2.45, 2.75) is 59.6 Å². The van der Waals surface area contributed by atoms with E-state index in [1.807, 2.05) is 77.1 Å². The summed E-state index contributed by atoms with van der Waals surface area (Å²) in [5.74, 6) is 0.663. The third-order valence-corrected chi connectivity index (χ3v) is 4.38. The van der Waals surface area contributed by atoms with Crippen LogP contribution in [0.4, 0.5) is 0 Å². The molecule has 1 atom stereocenters. The highest BCUT2D eigenvalue weighted by Gasteiger charge is 2.14. The first-order valence-corrected chi connectivity index (χ1v) is 9.42. The lowest BCUT2D eigenvalue weighted by Crippen LogP contribution is -2.27. The molecule has 1 N–H and O–H groups in total.